The minimum Gasteiger partial charge on any atom is -0.348 e. The van der Waals surface area contributed by atoms with E-state index in [0.717, 1.165) is 0 Å². The molecule has 0 aliphatic carbocycles. The van der Waals surface area contributed by atoms with Crippen molar-refractivity contribution in [2.75, 3.05) is 5.32 Å². The van der Waals surface area contributed by atoms with Gasteiger partial charge in [0, 0.05) is 17.8 Å². The largest absolute Gasteiger partial charge is 0.348 e. The first-order valence-electron chi connectivity index (χ1n) is 4.39. The van der Waals surface area contributed by atoms with Crippen LogP contribution in [0.2, 0.25) is 0 Å². The number of carbonyl (C=O) groups excluding carboxylic acids is 1. The second-order valence-electron chi connectivity index (χ2n) is 3.19. The number of benzene rings is 1. The van der Waals surface area contributed by atoms with Crippen molar-refractivity contribution in [1.82, 2.24) is 0 Å². The Balaban J connectivity index is 2.73. The molecule has 4 N–H and O–H groups in total. The number of nitro benzene ring substituents is 1. The number of nitrogens with one attached hydrogen (secondary N) is 1. The zero-order chi connectivity index (χ0) is 11.4. The summed E-state index contributed by atoms with van der Waals surface area (Å²) in [6, 6.07) is 5.28. The number of hydrogen-bond donors (Lipinski definition) is 2. The second-order valence-corrected chi connectivity index (χ2v) is 3.19. The smallest absolute Gasteiger partial charge is 0.282 e. The Hall–Kier alpha value is -1.95. The normalized spacial score (nSPS) is 11.9. The van der Waals surface area contributed by atoms with Gasteiger partial charge in [-0.2, -0.15) is 0 Å². The van der Waals surface area contributed by atoms with Gasteiger partial charge in [0.05, 0.1) is 4.92 Å². The summed E-state index contributed by atoms with van der Waals surface area (Å²) in [5.41, 5.74) is 4.08. The van der Waals surface area contributed by atoms with Crippen LogP contribution in [-0.2, 0) is 4.79 Å². The van der Waals surface area contributed by atoms with Gasteiger partial charge in [-0.1, -0.05) is 0 Å². The van der Waals surface area contributed by atoms with Gasteiger partial charge in [-0.25, -0.2) is 0 Å². The number of amides is 1. The van der Waals surface area contributed by atoms with Crippen LogP contribution in [0.3, 0.4) is 0 Å². The number of anilines is 1. The molecule has 1 aromatic rings. The lowest BCUT2D eigenvalue weighted by Crippen LogP contribution is -2.64. The first-order valence-corrected chi connectivity index (χ1v) is 4.39. The van der Waals surface area contributed by atoms with Crippen molar-refractivity contribution in [2.24, 2.45) is 0 Å². The van der Waals surface area contributed by atoms with Crippen molar-refractivity contribution in [3.63, 3.8) is 0 Å². The zero-order valence-electron chi connectivity index (χ0n) is 8.27. The lowest BCUT2D eigenvalue weighted by atomic mass is 10.2. The summed E-state index contributed by atoms with van der Waals surface area (Å²) in [5.74, 6) is -0.219. The summed E-state index contributed by atoms with van der Waals surface area (Å²) in [4.78, 5) is 21.1. The average Bonchev–Trinajstić information content (AvgIpc) is 2.18. The Morgan fingerprint density at radius 1 is 1.47 bits per heavy atom. The highest BCUT2D eigenvalue weighted by Crippen LogP contribution is 2.15. The van der Waals surface area contributed by atoms with Crippen LogP contribution in [0.1, 0.15) is 6.92 Å². The molecular weight excluding hydrogens is 198 g/mol. The van der Waals surface area contributed by atoms with E-state index in [1.54, 1.807) is 6.92 Å². The quantitative estimate of drug-likeness (QED) is 0.549. The number of non-ortho nitro benzene ring substituents is 1. The number of carbonyl (C=O) groups is 1. The molecule has 0 aromatic heterocycles. The number of quaternary nitrogens is 1. The third kappa shape index (κ3) is 3.03. The van der Waals surface area contributed by atoms with Crippen LogP contribution in [0.5, 0.6) is 0 Å². The molecule has 0 heterocycles. The van der Waals surface area contributed by atoms with Crippen molar-refractivity contribution >= 4 is 17.3 Å². The van der Waals surface area contributed by atoms with Crippen LogP contribution in [-0.4, -0.2) is 16.9 Å². The van der Waals surface area contributed by atoms with Crippen molar-refractivity contribution < 1.29 is 15.5 Å². The fourth-order valence-corrected chi connectivity index (χ4v) is 0.932. The summed E-state index contributed by atoms with van der Waals surface area (Å²) >= 11 is 0. The molecule has 0 bridgehead atoms. The lowest BCUT2D eigenvalue weighted by Gasteiger charge is -2.04. The highest BCUT2D eigenvalue weighted by molar-refractivity contribution is 5.93. The molecule has 0 radical (unpaired) electrons. The highest BCUT2D eigenvalue weighted by Gasteiger charge is 2.11. The molecule has 80 valence electrons. The third-order valence-corrected chi connectivity index (χ3v) is 1.79. The number of nitrogens with zero attached hydrogens (tertiary/aromatic N) is 1. The van der Waals surface area contributed by atoms with Crippen LogP contribution < -0.4 is 11.1 Å². The molecule has 1 amide bonds. The molecule has 0 aliphatic heterocycles. The molecule has 0 unspecified atom stereocenters. The molecule has 0 saturated carbocycles. The van der Waals surface area contributed by atoms with E-state index in [0.29, 0.717) is 5.69 Å². The Kier molecular flexibility index (Phi) is 3.35. The van der Waals surface area contributed by atoms with Gasteiger partial charge in [-0.05, 0) is 19.1 Å². The van der Waals surface area contributed by atoms with Gasteiger partial charge < -0.3 is 11.1 Å². The summed E-state index contributed by atoms with van der Waals surface area (Å²) in [5, 5.41) is 12.9. The maximum atomic E-state index is 11.2. The second kappa shape index (κ2) is 4.52. The van der Waals surface area contributed by atoms with Crippen LogP contribution >= 0.6 is 0 Å². The molecule has 1 rings (SSSR count). The van der Waals surface area contributed by atoms with Crippen molar-refractivity contribution in [1.29, 1.82) is 0 Å². The Morgan fingerprint density at radius 2 is 2.00 bits per heavy atom. The topological polar surface area (TPSA) is 99.9 Å². The molecule has 1 atom stereocenters. The van der Waals surface area contributed by atoms with E-state index in [-0.39, 0.29) is 17.6 Å². The Morgan fingerprint density at radius 3 is 2.40 bits per heavy atom. The highest BCUT2D eigenvalue weighted by atomic mass is 16.6. The Labute approximate surface area is 86.2 Å². The van der Waals surface area contributed by atoms with Crippen LogP contribution in [0.15, 0.2) is 24.3 Å². The van der Waals surface area contributed by atoms with Gasteiger partial charge in [-0.3, -0.25) is 14.9 Å². The van der Waals surface area contributed by atoms with Gasteiger partial charge in [0.15, 0.2) is 6.04 Å². The van der Waals surface area contributed by atoms with Crippen molar-refractivity contribution in [2.45, 2.75) is 13.0 Å². The first kappa shape index (κ1) is 11.1. The SMILES string of the molecule is C[C@@H]([NH3+])C(=O)Nc1ccc([N+](=O)[O-])cc1. The first-order chi connectivity index (χ1) is 7.00. The Bertz CT molecular complexity index is 373. The predicted molar refractivity (Wildman–Crippen MR) is 54.1 cm³/mol. The van der Waals surface area contributed by atoms with Gasteiger partial charge in [0.25, 0.3) is 11.6 Å². The standard InChI is InChI=1S/C9H11N3O3/c1-6(10)9(13)11-7-2-4-8(5-3-7)12(14)15/h2-6H,10H2,1H3,(H,11,13)/p+1/t6-/m1/s1. The molecule has 0 saturated heterocycles. The van der Waals surface area contributed by atoms with E-state index in [1.807, 2.05) is 0 Å². The monoisotopic (exact) mass is 210 g/mol. The fraction of sp³-hybridized carbons (Fsp3) is 0.222. The molecule has 0 fully saturated rings. The van der Waals surface area contributed by atoms with E-state index in [2.05, 4.69) is 11.1 Å². The zero-order valence-corrected chi connectivity index (χ0v) is 8.27. The predicted octanol–water partition coefficient (Wildman–Crippen LogP) is 0.164. The summed E-state index contributed by atoms with van der Waals surface area (Å²) in [6.07, 6.45) is 0. The van der Waals surface area contributed by atoms with Gasteiger partial charge >= 0.3 is 0 Å². The minimum absolute atomic E-state index is 0.00401. The van der Waals surface area contributed by atoms with E-state index in [4.69, 9.17) is 0 Å². The number of nitro groups is 1. The average molecular weight is 210 g/mol. The maximum absolute atomic E-state index is 11.2. The molecule has 0 spiro atoms. The number of rotatable bonds is 3. The van der Waals surface area contributed by atoms with E-state index < -0.39 is 4.92 Å². The van der Waals surface area contributed by atoms with E-state index >= 15 is 0 Å². The summed E-state index contributed by atoms with van der Waals surface area (Å²) in [7, 11) is 0. The van der Waals surface area contributed by atoms with E-state index in [9.17, 15) is 14.9 Å². The third-order valence-electron chi connectivity index (χ3n) is 1.79. The van der Waals surface area contributed by atoms with Crippen molar-refractivity contribution in [3.8, 4) is 0 Å². The molecule has 0 aliphatic rings. The molecule has 15 heavy (non-hydrogen) atoms. The van der Waals surface area contributed by atoms with Crippen LogP contribution in [0.25, 0.3) is 0 Å². The molecular formula is C9H12N3O3+. The maximum Gasteiger partial charge on any atom is 0.282 e. The van der Waals surface area contributed by atoms with Gasteiger partial charge in [0.1, 0.15) is 0 Å². The summed E-state index contributed by atoms with van der Waals surface area (Å²) in [6.45, 7) is 1.67. The minimum atomic E-state index is -0.490. The summed E-state index contributed by atoms with van der Waals surface area (Å²) < 4.78 is 0. The molecule has 6 heteroatoms. The van der Waals surface area contributed by atoms with E-state index in [1.165, 1.54) is 24.3 Å². The fourth-order valence-electron chi connectivity index (χ4n) is 0.932. The number of hydrogen-bond acceptors (Lipinski definition) is 3. The van der Waals surface area contributed by atoms with Gasteiger partial charge in [-0.15, -0.1) is 0 Å². The molecule has 1 aromatic carbocycles. The van der Waals surface area contributed by atoms with Crippen LogP contribution in [0.4, 0.5) is 11.4 Å². The lowest BCUT2D eigenvalue weighted by molar-refractivity contribution is -0.396. The molecule has 6 nitrogen and oxygen atoms in total. The van der Waals surface area contributed by atoms with Gasteiger partial charge in [0.2, 0.25) is 0 Å². The van der Waals surface area contributed by atoms with Crippen molar-refractivity contribution in [3.05, 3.63) is 34.4 Å². The van der Waals surface area contributed by atoms with Crippen LogP contribution in [0, 0.1) is 10.1 Å².